The number of fused-ring (bicyclic) bond motifs is 2. The Morgan fingerprint density at radius 3 is 3.00 bits per heavy atom. The number of hydrogen-bond donors (Lipinski definition) is 1. The number of nitrogens with zero attached hydrogens (tertiary/aromatic N) is 5. The van der Waals surface area contributed by atoms with Gasteiger partial charge in [-0.1, -0.05) is 0 Å². The number of amides is 1. The van der Waals surface area contributed by atoms with Crippen molar-refractivity contribution in [3.8, 4) is 5.75 Å². The molecule has 3 aromatic rings. The molecule has 0 saturated carbocycles. The molecule has 1 N–H and O–H groups in total. The highest BCUT2D eigenvalue weighted by Crippen LogP contribution is 2.32. The van der Waals surface area contributed by atoms with E-state index in [0.717, 1.165) is 54.9 Å². The van der Waals surface area contributed by atoms with Crippen molar-refractivity contribution in [2.24, 2.45) is 0 Å². The van der Waals surface area contributed by atoms with Crippen LogP contribution >= 0.6 is 0 Å². The maximum Gasteiger partial charge on any atom is 0.210 e. The number of hydrogen-bond acceptors (Lipinski definition) is 6. The zero-order valence-corrected chi connectivity index (χ0v) is 15.8. The molecule has 0 spiro atoms. The third kappa shape index (κ3) is 3.16. The van der Waals surface area contributed by atoms with Crippen LogP contribution in [0.5, 0.6) is 5.75 Å². The van der Waals surface area contributed by atoms with Crippen molar-refractivity contribution >= 4 is 18.0 Å². The topological polar surface area (TPSA) is 84.7 Å². The monoisotopic (exact) mass is 396 g/mol. The Labute approximate surface area is 166 Å². The van der Waals surface area contributed by atoms with Crippen molar-refractivity contribution < 1.29 is 13.9 Å². The minimum absolute atomic E-state index is 0.250. The highest BCUT2D eigenvalue weighted by molar-refractivity contribution is 5.54. The normalized spacial score (nSPS) is 16.7. The van der Waals surface area contributed by atoms with Crippen LogP contribution in [0.25, 0.3) is 5.65 Å². The zero-order valence-electron chi connectivity index (χ0n) is 15.8. The van der Waals surface area contributed by atoms with E-state index >= 15 is 0 Å². The van der Waals surface area contributed by atoms with Crippen LogP contribution in [0.2, 0.25) is 0 Å². The van der Waals surface area contributed by atoms with Gasteiger partial charge in [0.05, 0.1) is 6.61 Å². The van der Waals surface area contributed by atoms with Crippen molar-refractivity contribution in [1.82, 2.24) is 24.5 Å². The summed E-state index contributed by atoms with van der Waals surface area (Å²) in [5.41, 5.74) is 3.29. The molecular formula is C20H21FN6O2. The van der Waals surface area contributed by atoms with Crippen LogP contribution in [0, 0.1) is 5.82 Å². The highest BCUT2D eigenvalue weighted by Gasteiger charge is 2.24. The molecule has 1 saturated heterocycles. The summed E-state index contributed by atoms with van der Waals surface area (Å²) in [5.74, 6) is 1.35. The molecule has 4 heterocycles. The number of anilines is 1. The van der Waals surface area contributed by atoms with Gasteiger partial charge in [0.2, 0.25) is 12.4 Å². The summed E-state index contributed by atoms with van der Waals surface area (Å²) in [6, 6.07) is 3.12. The summed E-state index contributed by atoms with van der Waals surface area (Å²) in [4.78, 5) is 17.3. The van der Waals surface area contributed by atoms with Gasteiger partial charge in [0.15, 0.2) is 5.65 Å². The van der Waals surface area contributed by atoms with Crippen molar-refractivity contribution in [2.45, 2.75) is 31.7 Å². The lowest BCUT2D eigenvalue weighted by atomic mass is 9.91. The number of carbonyl (C=O) groups excluding carboxylic acids is 1. The number of halogens is 1. The Kier molecular flexibility index (Phi) is 4.49. The first-order valence-corrected chi connectivity index (χ1v) is 9.79. The van der Waals surface area contributed by atoms with Gasteiger partial charge in [-0.2, -0.15) is 0 Å². The molecule has 9 heteroatoms. The first kappa shape index (κ1) is 17.8. The van der Waals surface area contributed by atoms with Crippen LogP contribution in [0.4, 0.5) is 10.3 Å². The van der Waals surface area contributed by atoms with Gasteiger partial charge in [0, 0.05) is 48.9 Å². The number of rotatable bonds is 5. The van der Waals surface area contributed by atoms with Crippen LogP contribution in [-0.2, 0) is 17.8 Å². The van der Waals surface area contributed by atoms with E-state index in [1.165, 1.54) is 6.07 Å². The lowest BCUT2D eigenvalue weighted by Crippen LogP contribution is -2.31. The van der Waals surface area contributed by atoms with E-state index in [1.807, 2.05) is 6.20 Å². The number of likely N-dealkylation sites (tertiary alicyclic amines) is 1. The molecule has 0 radical (unpaired) electrons. The van der Waals surface area contributed by atoms with Crippen molar-refractivity contribution in [3.05, 3.63) is 47.2 Å². The Morgan fingerprint density at radius 1 is 1.31 bits per heavy atom. The number of carbonyl (C=O) groups is 1. The molecule has 2 aliphatic rings. The third-order valence-electron chi connectivity index (χ3n) is 5.84. The van der Waals surface area contributed by atoms with Crippen LogP contribution < -0.4 is 10.1 Å². The summed E-state index contributed by atoms with van der Waals surface area (Å²) >= 11 is 0. The summed E-state index contributed by atoms with van der Waals surface area (Å²) in [6.07, 6.45) is 6.79. The van der Waals surface area contributed by atoms with Gasteiger partial charge in [-0.25, -0.2) is 9.37 Å². The first-order chi connectivity index (χ1) is 14.2. The van der Waals surface area contributed by atoms with Gasteiger partial charge in [-0.3, -0.25) is 9.20 Å². The lowest BCUT2D eigenvalue weighted by molar-refractivity contribution is -0.119. The lowest BCUT2D eigenvalue weighted by Gasteiger charge is -2.29. The average Bonchev–Trinajstić information content (AvgIpc) is 3.43. The van der Waals surface area contributed by atoms with Gasteiger partial charge in [0.1, 0.15) is 17.9 Å². The second kappa shape index (κ2) is 7.31. The quantitative estimate of drug-likeness (QED) is 0.666. The van der Waals surface area contributed by atoms with E-state index in [0.29, 0.717) is 31.1 Å². The van der Waals surface area contributed by atoms with E-state index in [-0.39, 0.29) is 11.7 Å². The first-order valence-electron chi connectivity index (χ1n) is 9.79. The minimum atomic E-state index is -0.250. The fraction of sp³-hybridized carbons (Fsp3) is 0.400. The maximum atomic E-state index is 14.4. The van der Waals surface area contributed by atoms with Gasteiger partial charge < -0.3 is 15.0 Å². The predicted octanol–water partition coefficient (Wildman–Crippen LogP) is 2.15. The molecule has 1 aromatic carbocycles. The molecule has 29 heavy (non-hydrogen) atoms. The number of piperidine rings is 1. The Balaban J connectivity index is 1.40. The molecule has 0 atom stereocenters. The standard InChI is InChI=1S/C20H21FN6O2/c21-17-1-2-18-14(5-8-29-18)16(17)10-23-20-22-9-15(19-25-24-11-27(19)20)13-3-6-26(12-28)7-4-13/h1-2,9,11-13H,3-8,10H2,(H,22,23). The van der Waals surface area contributed by atoms with Crippen molar-refractivity contribution in [2.75, 3.05) is 25.0 Å². The molecule has 2 aromatic heterocycles. The molecule has 1 fully saturated rings. The van der Waals surface area contributed by atoms with Gasteiger partial charge >= 0.3 is 0 Å². The van der Waals surface area contributed by atoms with E-state index < -0.39 is 0 Å². The van der Waals surface area contributed by atoms with Crippen molar-refractivity contribution in [1.29, 1.82) is 0 Å². The van der Waals surface area contributed by atoms with Crippen LogP contribution in [-0.4, -0.2) is 50.6 Å². The predicted molar refractivity (Wildman–Crippen MR) is 103 cm³/mol. The Bertz CT molecular complexity index is 1060. The van der Waals surface area contributed by atoms with E-state index in [4.69, 9.17) is 4.74 Å². The Hall–Kier alpha value is -3.23. The number of aromatic nitrogens is 4. The summed E-state index contributed by atoms with van der Waals surface area (Å²) < 4.78 is 21.7. The van der Waals surface area contributed by atoms with Gasteiger partial charge in [0.25, 0.3) is 0 Å². The van der Waals surface area contributed by atoms with Crippen molar-refractivity contribution in [3.63, 3.8) is 0 Å². The molecule has 1 amide bonds. The molecule has 0 aliphatic carbocycles. The number of nitrogens with one attached hydrogen (secondary N) is 1. The Morgan fingerprint density at radius 2 is 2.17 bits per heavy atom. The largest absolute Gasteiger partial charge is 0.493 e. The second-order valence-corrected chi connectivity index (χ2v) is 7.43. The minimum Gasteiger partial charge on any atom is -0.493 e. The number of benzene rings is 1. The molecule has 150 valence electrons. The highest BCUT2D eigenvalue weighted by atomic mass is 19.1. The second-order valence-electron chi connectivity index (χ2n) is 7.43. The average molecular weight is 396 g/mol. The molecule has 5 rings (SSSR count). The molecular weight excluding hydrogens is 375 g/mol. The third-order valence-corrected chi connectivity index (χ3v) is 5.84. The molecule has 2 aliphatic heterocycles. The van der Waals surface area contributed by atoms with E-state index in [1.54, 1.807) is 21.7 Å². The van der Waals surface area contributed by atoms with Crippen LogP contribution in [0.1, 0.15) is 35.4 Å². The summed E-state index contributed by atoms with van der Waals surface area (Å²) in [7, 11) is 0. The number of ether oxygens (including phenoxy) is 1. The van der Waals surface area contributed by atoms with Gasteiger partial charge in [-0.15, -0.1) is 10.2 Å². The van der Waals surface area contributed by atoms with Gasteiger partial charge in [-0.05, 0) is 30.9 Å². The summed E-state index contributed by atoms with van der Waals surface area (Å²) in [6.45, 7) is 2.34. The van der Waals surface area contributed by atoms with Crippen LogP contribution in [0.3, 0.4) is 0 Å². The molecule has 0 unspecified atom stereocenters. The molecule has 8 nitrogen and oxygen atoms in total. The van der Waals surface area contributed by atoms with E-state index in [2.05, 4.69) is 20.5 Å². The summed E-state index contributed by atoms with van der Waals surface area (Å²) in [5, 5.41) is 11.6. The maximum absolute atomic E-state index is 14.4. The smallest absolute Gasteiger partial charge is 0.210 e. The molecule has 0 bridgehead atoms. The zero-order chi connectivity index (χ0) is 19.8. The SMILES string of the molecule is O=CN1CCC(c2cnc(NCc3c(F)ccc4c3CCO4)n3cnnc23)CC1. The fourth-order valence-electron chi connectivity index (χ4n) is 4.25. The van der Waals surface area contributed by atoms with E-state index in [9.17, 15) is 9.18 Å². The van der Waals surface area contributed by atoms with Crippen LogP contribution in [0.15, 0.2) is 24.7 Å². The fourth-order valence-corrected chi connectivity index (χ4v) is 4.25.